The lowest BCUT2D eigenvalue weighted by atomic mass is 9.97. The molecule has 0 saturated carbocycles. The van der Waals surface area contributed by atoms with E-state index in [4.69, 9.17) is 4.42 Å². The van der Waals surface area contributed by atoms with Crippen molar-refractivity contribution in [2.75, 3.05) is 4.90 Å². The largest absolute Gasteiger partial charge is 0.455 e. The second kappa shape index (κ2) is 12.5. The Labute approximate surface area is 302 Å². The fourth-order valence-corrected chi connectivity index (χ4v) is 7.68. The van der Waals surface area contributed by atoms with Crippen LogP contribution in [0.5, 0.6) is 0 Å². The summed E-state index contributed by atoms with van der Waals surface area (Å²) in [6, 6.07) is 71.6. The number of furan rings is 1. The maximum atomic E-state index is 6.79. The van der Waals surface area contributed by atoms with E-state index < -0.39 is 0 Å². The van der Waals surface area contributed by atoms with Gasteiger partial charge in [-0.15, -0.1) is 0 Å². The van der Waals surface area contributed by atoms with Crippen molar-refractivity contribution in [2.24, 2.45) is 0 Å². The number of para-hydroxylation sites is 1. The number of hydrogen-bond donors (Lipinski definition) is 0. The average Bonchev–Trinajstić information content (AvgIpc) is 3.62. The topological polar surface area (TPSA) is 16.4 Å². The molecule has 0 saturated heterocycles. The predicted octanol–water partition coefficient (Wildman–Crippen LogP) is 14.4. The smallest absolute Gasteiger partial charge is 0.145 e. The maximum absolute atomic E-state index is 6.79. The quantitative estimate of drug-likeness (QED) is 0.176. The monoisotopic (exact) mass is 663 g/mol. The van der Waals surface area contributed by atoms with Crippen LogP contribution in [0, 0.1) is 0 Å². The molecular formula is C50H33NO. The lowest BCUT2D eigenvalue weighted by molar-refractivity contribution is 0.670. The number of hydrogen-bond acceptors (Lipinski definition) is 2. The zero-order valence-electron chi connectivity index (χ0n) is 28.4. The Morgan fingerprint density at radius 2 is 0.923 bits per heavy atom. The molecule has 0 atom stereocenters. The van der Waals surface area contributed by atoms with Gasteiger partial charge in [0.2, 0.25) is 0 Å². The van der Waals surface area contributed by atoms with Crippen molar-refractivity contribution in [2.45, 2.75) is 0 Å². The van der Waals surface area contributed by atoms with Crippen LogP contribution in [0.4, 0.5) is 17.1 Å². The van der Waals surface area contributed by atoms with Gasteiger partial charge in [-0.3, -0.25) is 0 Å². The zero-order chi connectivity index (χ0) is 34.4. The van der Waals surface area contributed by atoms with Crippen molar-refractivity contribution in [3.63, 3.8) is 0 Å². The highest BCUT2D eigenvalue weighted by Crippen LogP contribution is 2.47. The van der Waals surface area contributed by atoms with Gasteiger partial charge in [-0.1, -0.05) is 158 Å². The minimum absolute atomic E-state index is 0.874. The van der Waals surface area contributed by atoms with Crippen LogP contribution >= 0.6 is 0 Å². The van der Waals surface area contributed by atoms with Crippen LogP contribution in [-0.2, 0) is 0 Å². The molecule has 0 unspecified atom stereocenters. The fraction of sp³-hybridized carbons (Fsp3) is 0. The van der Waals surface area contributed by atoms with Crippen LogP contribution in [-0.4, -0.2) is 0 Å². The van der Waals surface area contributed by atoms with Crippen molar-refractivity contribution in [3.05, 3.63) is 200 Å². The molecule has 0 aliphatic carbocycles. The molecule has 10 aromatic rings. The number of fused-ring (bicyclic) bond motifs is 5. The van der Waals surface area contributed by atoms with Gasteiger partial charge in [0.05, 0.1) is 16.8 Å². The van der Waals surface area contributed by atoms with Gasteiger partial charge in [0.15, 0.2) is 0 Å². The summed E-state index contributed by atoms with van der Waals surface area (Å²) in [7, 11) is 0. The Bertz CT molecular complexity index is 2880. The van der Waals surface area contributed by atoms with E-state index in [1.807, 2.05) is 6.07 Å². The summed E-state index contributed by atoms with van der Waals surface area (Å²) in [5, 5.41) is 7.00. The molecule has 1 heterocycles. The Hall–Kier alpha value is -6.90. The number of nitrogens with zero attached hydrogens (tertiary/aromatic N) is 1. The molecule has 0 aliphatic rings. The first-order valence-corrected chi connectivity index (χ1v) is 17.8. The van der Waals surface area contributed by atoms with Gasteiger partial charge in [0.1, 0.15) is 11.2 Å². The van der Waals surface area contributed by atoms with Gasteiger partial charge in [-0.2, -0.15) is 0 Å². The number of rotatable bonds is 6. The highest BCUT2D eigenvalue weighted by atomic mass is 16.3. The van der Waals surface area contributed by atoms with E-state index in [0.29, 0.717) is 0 Å². The molecule has 0 spiro atoms. The van der Waals surface area contributed by atoms with Crippen LogP contribution in [0.15, 0.2) is 205 Å². The van der Waals surface area contributed by atoms with Gasteiger partial charge in [0, 0.05) is 22.0 Å². The van der Waals surface area contributed by atoms with E-state index in [1.54, 1.807) is 0 Å². The van der Waals surface area contributed by atoms with Crippen LogP contribution < -0.4 is 4.90 Å². The normalized spacial score (nSPS) is 11.5. The molecule has 9 aromatic carbocycles. The second-order valence-electron chi connectivity index (χ2n) is 13.3. The molecule has 0 bridgehead atoms. The minimum Gasteiger partial charge on any atom is -0.455 e. The van der Waals surface area contributed by atoms with Gasteiger partial charge >= 0.3 is 0 Å². The van der Waals surface area contributed by atoms with Crippen molar-refractivity contribution < 1.29 is 4.42 Å². The van der Waals surface area contributed by atoms with Gasteiger partial charge in [0.25, 0.3) is 0 Å². The minimum atomic E-state index is 0.874. The molecular weight excluding hydrogens is 631 g/mol. The first-order valence-electron chi connectivity index (χ1n) is 17.8. The van der Waals surface area contributed by atoms with Crippen LogP contribution in [0.25, 0.3) is 76.9 Å². The van der Waals surface area contributed by atoms with Crippen LogP contribution in [0.1, 0.15) is 0 Å². The van der Waals surface area contributed by atoms with Gasteiger partial charge < -0.3 is 9.32 Å². The Balaban J connectivity index is 1.16. The molecule has 2 heteroatoms. The van der Waals surface area contributed by atoms with E-state index in [9.17, 15) is 0 Å². The van der Waals surface area contributed by atoms with Crippen molar-refractivity contribution in [1.82, 2.24) is 0 Å². The average molecular weight is 664 g/mol. The summed E-state index contributed by atoms with van der Waals surface area (Å²) in [5.74, 6) is 0. The SMILES string of the molecule is c1ccc(-c2ccc(-c3ccc(N(c4cccc5ccccc45)c4ccc(-c5ccc6ccccc6c5)c5oc6ccccc6c45)cc3)cc2)cc1. The fourth-order valence-electron chi connectivity index (χ4n) is 7.68. The van der Waals surface area contributed by atoms with E-state index >= 15 is 0 Å². The van der Waals surface area contributed by atoms with E-state index in [2.05, 4.69) is 199 Å². The second-order valence-corrected chi connectivity index (χ2v) is 13.3. The number of benzene rings is 9. The third-order valence-electron chi connectivity index (χ3n) is 10.3. The molecule has 2 nitrogen and oxygen atoms in total. The van der Waals surface area contributed by atoms with E-state index in [0.717, 1.165) is 50.1 Å². The molecule has 0 aliphatic heterocycles. The van der Waals surface area contributed by atoms with Crippen LogP contribution in [0.3, 0.4) is 0 Å². The van der Waals surface area contributed by atoms with Crippen molar-refractivity contribution >= 4 is 60.5 Å². The molecule has 0 amide bonds. The molecule has 1 aromatic heterocycles. The number of anilines is 3. The molecule has 0 N–H and O–H groups in total. The highest BCUT2D eigenvalue weighted by Gasteiger charge is 2.23. The highest BCUT2D eigenvalue weighted by molar-refractivity contribution is 6.18. The Kier molecular flexibility index (Phi) is 7.18. The first-order chi connectivity index (χ1) is 25.8. The molecule has 244 valence electrons. The predicted molar refractivity (Wildman–Crippen MR) is 220 cm³/mol. The third kappa shape index (κ3) is 5.12. The standard InChI is InChI=1S/C50H33NO/c1-2-11-34(12-3-1)36-21-23-37(24-22-36)38-27-29-42(30-28-38)51(46-19-10-16-39-14-6-7-17-43(39)46)47-32-31-44(41-26-25-35-13-4-5-15-40(35)33-41)50-49(47)45-18-8-9-20-48(45)52-50/h1-33H. The molecule has 0 radical (unpaired) electrons. The summed E-state index contributed by atoms with van der Waals surface area (Å²) in [4.78, 5) is 2.40. The van der Waals surface area contributed by atoms with Crippen molar-refractivity contribution in [3.8, 4) is 33.4 Å². The summed E-state index contributed by atoms with van der Waals surface area (Å²) in [5.41, 5.74) is 12.0. The lowest BCUT2D eigenvalue weighted by Crippen LogP contribution is -2.11. The summed E-state index contributed by atoms with van der Waals surface area (Å²) < 4.78 is 6.79. The summed E-state index contributed by atoms with van der Waals surface area (Å²) in [6.45, 7) is 0. The van der Waals surface area contributed by atoms with Gasteiger partial charge in [-0.25, -0.2) is 0 Å². The third-order valence-corrected chi connectivity index (χ3v) is 10.3. The Morgan fingerprint density at radius 1 is 0.346 bits per heavy atom. The van der Waals surface area contributed by atoms with E-state index in [1.165, 1.54) is 43.8 Å². The zero-order valence-corrected chi connectivity index (χ0v) is 28.4. The van der Waals surface area contributed by atoms with Crippen molar-refractivity contribution in [1.29, 1.82) is 0 Å². The lowest BCUT2D eigenvalue weighted by Gasteiger charge is -2.28. The maximum Gasteiger partial charge on any atom is 0.145 e. The Morgan fingerprint density at radius 3 is 1.69 bits per heavy atom. The molecule has 0 fully saturated rings. The molecule has 10 rings (SSSR count). The van der Waals surface area contributed by atoms with Gasteiger partial charge in [-0.05, 0) is 86.4 Å². The first kappa shape index (κ1) is 30.0. The summed E-state index contributed by atoms with van der Waals surface area (Å²) in [6.07, 6.45) is 0. The van der Waals surface area contributed by atoms with Crippen LogP contribution in [0.2, 0.25) is 0 Å². The molecule has 52 heavy (non-hydrogen) atoms. The summed E-state index contributed by atoms with van der Waals surface area (Å²) >= 11 is 0. The van der Waals surface area contributed by atoms with E-state index in [-0.39, 0.29) is 0 Å².